The van der Waals surface area contributed by atoms with Crippen molar-refractivity contribution in [1.29, 1.82) is 0 Å². The van der Waals surface area contributed by atoms with Gasteiger partial charge in [-0.05, 0) is 19.3 Å². The number of nitrogen functional groups attached to an aromatic ring is 1. The summed E-state index contributed by atoms with van der Waals surface area (Å²) >= 11 is 1.40. The first-order chi connectivity index (χ1) is 8.70. The quantitative estimate of drug-likeness (QED) is 0.915. The van der Waals surface area contributed by atoms with Gasteiger partial charge in [0.1, 0.15) is 0 Å². The van der Waals surface area contributed by atoms with Crippen molar-refractivity contribution in [2.75, 3.05) is 12.3 Å². The molecule has 1 unspecified atom stereocenters. The minimum atomic E-state index is 0.203. The molecule has 1 amide bonds. The van der Waals surface area contributed by atoms with E-state index in [1.807, 2.05) is 5.38 Å². The smallest absolute Gasteiger partial charge is 0.228 e. The van der Waals surface area contributed by atoms with Crippen molar-refractivity contribution in [2.24, 2.45) is 0 Å². The van der Waals surface area contributed by atoms with Gasteiger partial charge in [0, 0.05) is 18.0 Å². The summed E-state index contributed by atoms with van der Waals surface area (Å²) < 4.78 is 0. The van der Waals surface area contributed by atoms with Crippen LogP contribution in [0.2, 0.25) is 0 Å². The Labute approximate surface area is 112 Å². The van der Waals surface area contributed by atoms with Crippen molar-refractivity contribution in [3.63, 3.8) is 0 Å². The van der Waals surface area contributed by atoms with E-state index in [0.29, 0.717) is 17.6 Å². The first-order valence-corrected chi connectivity index (χ1v) is 7.58. The lowest BCUT2D eigenvalue weighted by Gasteiger charge is -2.29. The van der Waals surface area contributed by atoms with Crippen molar-refractivity contribution in [3.05, 3.63) is 11.1 Å². The largest absolute Gasteiger partial charge is 0.375 e. The molecule has 100 valence electrons. The Morgan fingerprint density at radius 3 is 3.06 bits per heavy atom. The average Bonchev–Trinajstić information content (AvgIpc) is 2.65. The molecule has 2 rings (SSSR count). The second kappa shape index (κ2) is 6.18. The van der Waals surface area contributed by atoms with E-state index in [1.165, 1.54) is 24.2 Å². The van der Waals surface area contributed by atoms with E-state index in [9.17, 15) is 4.79 Å². The van der Waals surface area contributed by atoms with Crippen molar-refractivity contribution < 1.29 is 4.79 Å². The highest BCUT2D eigenvalue weighted by Crippen LogP contribution is 2.20. The molecule has 18 heavy (non-hydrogen) atoms. The Morgan fingerprint density at radius 2 is 2.39 bits per heavy atom. The topological polar surface area (TPSA) is 59.2 Å². The van der Waals surface area contributed by atoms with Crippen LogP contribution in [0.15, 0.2) is 5.38 Å². The highest BCUT2D eigenvalue weighted by molar-refractivity contribution is 7.13. The lowest BCUT2D eigenvalue weighted by atomic mass is 10.1. The summed E-state index contributed by atoms with van der Waals surface area (Å²) in [6, 6.07) is 0.413. The number of carbonyl (C=O) groups is 1. The maximum atomic E-state index is 12.3. The molecule has 1 aromatic rings. The standard InChI is InChI=1S/C13H21N3OS/c1-2-11-6-4-3-5-7-16(11)12(17)8-10-9-18-13(14)15-10/h9,11H,2-8H2,1H3,(H2,14,15). The molecular formula is C13H21N3OS. The maximum absolute atomic E-state index is 12.3. The van der Waals surface area contributed by atoms with Crippen LogP contribution >= 0.6 is 11.3 Å². The monoisotopic (exact) mass is 267 g/mol. The van der Waals surface area contributed by atoms with E-state index in [0.717, 1.165) is 31.5 Å². The molecule has 2 heterocycles. The van der Waals surface area contributed by atoms with Gasteiger partial charge in [0.15, 0.2) is 5.13 Å². The van der Waals surface area contributed by atoms with Gasteiger partial charge in [-0.3, -0.25) is 4.79 Å². The molecule has 2 N–H and O–H groups in total. The number of carbonyl (C=O) groups excluding carboxylic acids is 1. The number of aromatic nitrogens is 1. The molecule has 0 radical (unpaired) electrons. The number of likely N-dealkylation sites (tertiary alicyclic amines) is 1. The van der Waals surface area contributed by atoms with E-state index < -0.39 is 0 Å². The molecule has 1 saturated heterocycles. The predicted molar refractivity (Wildman–Crippen MR) is 74.5 cm³/mol. The average molecular weight is 267 g/mol. The number of hydrogen-bond donors (Lipinski definition) is 1. The van der Waals surface area contributed by atoms with Crippen molar-refractivity contribution in [3.8, 4) is 0 Å². The fourth-order valence-corrected chi connectivity index (χ4v) is 3.15. The van der Waals surface area contributed by atoms with Crippen LogP contribution in [0.25, 0.3) is 0 Å². The SMILES string of the molecule is CCC1CCCCCN1C(=O)Cc1csc(N)n1. The fourth-order valence-electron chi connectivity index (χ4n) is 2.59. The minimum absolute atomic E-state index is 0.203. The van der Waals surface area contributed by atoms with E-state index in [4.69, 9.17) is 5.73 Å². The molecule has 0 bridgehead atoms. The second-order valence-electron chi connectivity index (χ2n) is 4.85. The summed E-state index contributed by atoms with van der Waals surface area (Å²) in [5.41, 5.74) is 6.40. The lowest BCUT2D eigenvalue weighted by molar-refractivity contribution is -0.132. The molecular weight excluding hydrogens is 246 g/mol. The third-order valence-electron chi connectivity index (χ3n) is 3.57. The van der Waals surface area contributed by atoms with Gasteiger partial charge < -0.3 is 10.6 Å². The summed E-state index contributed by atoms with van der Waals surface area (Å²) in [6.07, 6.45) is 6.19. The molecule has 5 heteroatoms. The van der Waals surface area contributed by atoms with Crippen LogP contribution in [0.5, 0.6) is 0 Å². The summed E-state index contributed by atoms with van der Waals surface area (Å²) in [5, 5.41) is 2.42. The number of thiazole rings is 1. The summed E-state index contributed by atoms with van der Waals surface area (Å²) in [6.45, 7) is 3.06. The van der Waals surface area contributed by atoms with Crippen LogP contribution in [0.1, 0.15) is 44.7 Å². The third kappa shape index (κ3) is 3.22. The number of anilines is 1. The molecule has 1 aromatic heterocycles. The zero-order valence-electron chi connectivity index (χ0n) is 10.9. The van der Waals surface area contributed by atoms with E-state index in [1.54, 1.807) is 0 Å². The summed E-state index contributed by atoms with van der Waals surface area (Å²) in [7, 11) is 0. The minimum Gasteiger partial charge on any atom is -0.375 e. The van der Waals surface area contributed by atoms with E-state index >= 15 is 0 Å². The van der Waals surface area contributed by atoms with Crippen LogP contribution < -0.4 is 5.73 Å². The number of amides is 1. The Morgan fingerprint density at radius 1 is 1.56 bits per heavy atom. The van der Waals surface area contributed by atoms with Gasteiger partial charge in [-0.2, -0.15) is 0 Å². The normalized spacial score (nSPS) is 20.7. The number of nitrogens with zero attached hydrogens (tertiary/aromatic N) is 2. The molecule has 1 atom stereocenters. The Hall–Kier alpha value is -1.10. The number of rotatable bonds is 3. The van der Waals surface area contributed by atoms with Crippen LogP contribution in [0, 0.1) is 0 Å². The third-order valence-corrected chi connectivity index (χ3v) is 4.29. The van der Waals surface area contributed by atoms with Gasteiger partial charge in [0.05, 0.1) is 12.1 Å². The van der Waals surface area contributed by atoms with Crippen molar-refractivity contribution in [2.45, 2.75) is 51.5 Å². The molecule has 1 aliphatic heterocycles. The number of nitrogens with two attached hydrogens (primary N) is 1. The van der Waals surface area contributed by atoms with Gasteiger partial charge in [0.2, 0.25) is 5.91 Å². The molecule has 0 saturated carbocycles. The highest BCUT2D eigenvalue weighted by atomic mass is 32.1. The van der Waals surface area contributed by atoms with Crippen molar-refractivity contribution in [1.82, 2.24) is 9.88 Å². The van der Waals surface area contributed by atoms with Crippen LogP contribution in [-0.2, 0) is 11.2 Å². The zero-order chi connectivity index (χ0) is 13.0. The lowest BCUT2D eigenvalue weighted by Crippen LogP contribution is -2.40. The van der Waals surface area contributed by atoms with E-state index in [-0.39, 0.29) is 5.91 Å². The van der Waals surface area contributed by atoms with Crippen LogP contribution in [0.4, 0.5) is 5.13 Å². The Kier molecular flexibility index (Phi) is 4.58. The first-order valence-electron chi connectivity index (χ1n) is 6.70. The molecule has 0 spiro atoms. The molecule has 0 aliphatic carbocycles. The molecule has 4 nitrogen and oxygen atoms in total. The summed E-state index contributed by atoms with van der Waals surface area (Å²) in [5.74, 6) is 0.203. The maximum Gasteiger partial charge on any atom is 0.228 e. The Balaban J connectivity index is 2.01. The fraction of sp³-hybridized carbons (Fsp3) is 0.692. The van der Waals surface area contributed by atoms with Gasteiger partial charge in [0.25, 0.3) is 0 Å². The molecule has 1 fully saturated rings. The highest BCUT2D eigenvalue weighted by Gasteiger charge is 2.24. The van der Waals surface area contributed by atoms with Crippen LogP contribution in [-0.4, -0.2) is 28.4 Å². The molecule has 1 aliphatic rings. The summed E-state index contributed by atoms with van der Waals surface area (Å²) in [4.78, 5) is 18.6. The first kappa shape index (κ1) is 13.3. The predicted octanol–water partition coefficient (Wildman–Crippen LogP) is 2.45. The second-order valence-corrected chi connectivity index (χ2v) is 5.74. The van der Waals surface area contributed by atoms with Gasteiger partial charge in [-0.15, -0.1) is 11.3 Å². The van der Waals surface area contributed by atoms with Gasteiger partial charge in [-0.1, -0.05) is 19.8 Å². The van der Waals surface area contributed by atoms with E-state index in [2.05, 4.69) is 16.8 Å². The van der Waals surface area contributed by atoms with Crippen molar-refractivity contribution >= 4 is 22.4 Å². The zero-order valence-corrected chi connectivity index (χ0v) is 11.7. The Bertz CT molecular complexity index is 405. The van der Waals surface area contributed by atoms with Gasteiger partial charge in [-0.25, -0.2) is 4.98 Å². The van der Waals surface area contributed by atoms with Gasteiger partial charge >= 0.3 is 0 Å². The number of hydrogen-bond acceptors (Lipinski definition) is 4. The van der Waals surface area contributed by atoms with Crippen LogP contribution in [0.3, 0.4) is 0 Å². The molecule has 0 aromatic carbocycles.